The third-order valence-corrected chi connectivity index (χ3v) is 7.09. The van der Waals surface area contributed by atoms with Crippen LogP contribution in [0.2, 0.25) is 0 Å². The van der Waals surface area contributed by atoms with Gasteiger partial charge in [0.2, 0.25) is 5.95 Å². The quantitative estimate of drug-likeness (QED) is 0.237. The molecular formula is C28H32N10O4. The Labute approximate surface area is 241 Å². The number of aliphatic hydroxyl groups excluding tert-OH is 1. The third kappa shape index (κ3) is 5.29. The van der Waals surface area contributed by atoms with Gasteiger partial charge in [-0.2, -0.15) is 9.97 Å². The number of hydrogen-bond acceptors (Lipinski definition) is 12. The van der Waals surface area contributed by atoms with E-state index in [9.17, 15) is 9.90 Å². The molecule has 218 valence electrons. The average molecular weight is 573 g/mol. The summed E-state index contributed by atoms with van der Waals surface area (Å²) in [6.07, 6.45) is 1.58. The summed E-state index contributed by atoms with van der Waals surface area (Å²) < 4.78 is 14.5. The van der Waals surface area contributed by atoms with Crippen LogP contribution in [0.3, 0.4) is 0 Å². The molecule has 5 heterocycles. The predicted molar refractivity (Wildman–Crippen MR) is 157 cm³/mol. The predicted octanol–water partition coefficient (Wildman–Crippen LogP) is 2.88. The average Bonchev–Trinajstić information content (AvgIpc) is 3.60. The fourth-order valence-corrected chi connectivity index (χ4v) is 4.99. The zero-order chi connectivity index (χ0) is 29.2. The molecule has 1 atom stereocenters. The number of nitrogens with zero attached hydrogens (tertiary/aromatic N) is 8. The van der Waals surface area contributed by atoms with Gasteiger partial charge in [-0.1, -0.05) is 30.3 Å². The summed E-state index contributed by atoms with van der Waals surface area (Å²) in [5.74, 6) is 1.79. The lowest BCUT2D eigenvalue weighted by molar-refractivity contribution is 0.121. The minimum absolute atomic E-state index is 0.0273. The largest absolute Gasteiger partial charge is 0.394 e. The van der Waals surface area contributed by atoms with Crippen LogP contribution in [0.5, 0.6) is 0 Å². The van der Waals surface area contributed by atoms with Crippen molar-refractivity contribution in [1.29, 1.82) is 0 Å². The molecule has 3 N–H and O–H groups in total. The highest BCUT2D eigenvalue weighted by atomic mass is 16.5. The monoisotopic (exact) mass is 572 g/mol. The minimum atomic E-state index is -0.464. The molecule has 1 aliphatic rings. The molecule has 14 heteroatoms. The van der Waals surface area contributed by atoms with E-state index in [1.165, 1.54) is 0 Å². The van der Waals surface area contributed by atoms with Gasteiger partial charge in [0.15, 0.2) is 5.65 Å². The molecule has 0 spiro atoms. The second-order valence-electron chi connectivity index (χ2n) is 10.2. The van der Waals surface area contributed by atoms with Crippen LogP contribution in [0.25, 0.3) is 22.5 Å². The summed E-state index contributed by atoms with van der Waals surface area (Å²) in [5, 5.41) is 21.4. The van der Waals surface area contributed by atoms with E-state index in [4.69, 9.17) is 19.2 Å². The zero-order valence-electron chi connectivity index (χ0n) is 23.6. The Bertz CT molecular complexity index is 1740. The second-order valence-corrected chi connectivity index (χ2v) is 10.2. The first-order valence-electron chi connectivity index (χ1n) is 13.7. The Balaban J connectivity index is 1.36. The van der Waals surface area contributed by atoms with Crippen molar-refractivity contribution in [3.05, 3.63) is 64.6 Å². The Hall–Kier alpha value is -4.82. The van der Waals surface area contributed by atoms with E-state index in [1.807, 2.05) is 53.8 Å². The van der Waals surface area contributed by atoms with Gasteiger partial charge >= 0.3 is 0 Å². The zero-order valence-corrected chi connectivity index (χ0v) is 23.6. The fraction of sp³-hybridized carbons (Fsp3) is 0.357. The highest BCUT2D eigenvalue weighted by Crippen LogP contribution is 2.31. The van der Waals surface area contributed by atoms with Crippen molar-refractivity contribution < 1.29 is 14.4 Å². The van der Waals surface area contributed by atoms with Gasteiger partial charge in [0.1, 0.15) is 17.2 Å². The molecule has 1 saturated heterocycles. The van der Waals surface area contributed by atoms with Crippen LogP contribution in [0.15, 0.2) is 58.0 Å². The number of benzene rings is 1. The van der Waals surface area contributed by atoms with Crippen molar-refractivity contribution in [3.63, 3.8) is 0 Å². The molecule has 0 bridgehead atoms. The molecule has 0 aliphatic carbocycles. The number of aliphatic hydroxyl groups is 1. The number of pyridine rings is 1. The van der Waals surface area contributed by atoms with E-state index in [-0.39, 0.29) is 30.0 Å². The van der Waals surface area contributed by atoms with Crippen LogP contribution < -0.4 is 21.1 Å². The van der Waals surface area contributed by atoms with E-state index in [0.29, 0.717) is 60.5 Å². The van der Waals surface area contributed by atoms with Crippen molar-refractivity contribution in [2.75, 3.05) is 48.4 Å². The standard InChI is InChI=1S/C28H32N10O4/c1-17(2)38-24-19(26(40)36(38)3)9-10-22(31-24)32-27-29-15-20(25-34-28(35-42-25)37-11-13-41-14-12-37)23(33-27)30-21(16-39)18-7-5-4-6-8-18/h4-10,15,17,21,39H,11-14,16H2,1-3H3,(H2,29,30,31,32,33)/t21-/m1/s1. The number of morpholine rings is 1. The number of hydrogen-bond donors (Lipinski definition) is 3. The summed E-state index contributed by atoms with van der Waals surface area (Å²) in [6.45, 7) is 6.30. The first-order valence-corrected chi connectivity index (χ1v) is 13.7. The number of fused-ring (bicyclic) bond motifs is 1. The lowest BCUT2D eigenvalue weighted by Gasteiger charge is -2.24. The Morgan fingerprint density at radius 3 is 2.57 bits per heavy atom. The fourth-order valence-electron chi connectivity index (χ4n) is 4.99. The van der Waals surface area contributed by atoms with Crippen molar-refractivity contribution in [2.45, 2.75) is 25.9 Å². The van der Waals surface area contributed by atoms with E-state index in [0.717, 1.165) is 5.56 Å². The van der Waals surface area contributed by atoms with Gasteiger partial charge in [-0.3, -0.25) is 14.2 Å². The van der Waals surface area contributed by atoms with Gasteiger partial charge < -0.3 is 29.9 Å². The van der Waals surface area contributed by atoms with Crippen molar-refractivity contribution in [3.8, 4) is 11.5 Å². The number of anilines is 4. The van der Waals surface area contributed by atoms with Gasteiger partial charge in [-0.25, -0.2) is 9.97 Å². The lowest BCUT2D eigenvalue weighted by Crippen LogP contribution is -2.36. The molecule has 0 unspecified atom stereocenters. The Morgan fingerprint density at radius 2 is 1.83 bits per heavy atom. The van der Waals surface area contributed by atoms with Crippen molar-refractivity contribution in [1.82, 2.24) is 34.5 Å². The van der Waals surface area contributed by atoms with Crippen LogP contribution in [-0.2, 0) is 11.8 Å². The first-order chi connectivity index (χ1) is 20.4. The summed E-state index contributed by atoms with van der Waals surface area (Å²) in [6, 6.07) is 12.6. The second kappa shape index (κ2) is 11.6. The van der Waals surface area contributed by atoms with Crippen LogP contribution in [-0.4, -0.2) is 72.5 Å². The van der Waals surface area contributed by atoms with Gasteiger partial charge in [0, 0.05) is 32.4 Å². The van der Waals surface area contributed by atoms with Gasteiger partial charge in [0.05, 0.1) is 31.2 Å². The molecule has 1 fully saturated rings. The normalized spacial score (nSPS) is 14.5. The number of ether oxygens (including phenoxy) is 1. The molecule has 1 aromatic carbocycles. The topological polar surface area (TPSA) is 161 Å². The van der Waals surface area contributed by atoms with Crippen molar-refractivity contribution >= 4 is 34.6 Å². The molecular weight excluding hydrogens is 540 g/mol. The highest BCUT2D eigenvalue weighted by Gasteiger charge is 2.23. The van der Waals surface area contributed by atoms with Crippen LogP contribution in [0, 0.1) is 0 Å². The Morgan fingerprint density at radius 1 is 1.05 bits per heavy atom. The van der Waals surface area contributed by atoms with E-state index in [2.05, 4.69) is 25.8 Å². The molecule has 42 heavy (non-hydrogen) atoms. The van der Waals surface area contributed by atoms with E-state index in [1.54, 1.807) is 30.1 Å². The molecule has 0 amide bonds. The molecule has 0 saturated carbocycles. The minimum Gasteiger partial charge on any atom is -0.394 e. The number of rotatable bonds is 9. The molecule has 1 aliphatic heterocycles. The van der Waals surface area contributed by atoms with Crippen LogP contribution >= 0.6 is 0 Å². The maximum absolute atomic E-state index is 12.7. The maximum Gasteiger partial charge on any atom is 0.275 e. The number of aromatic nitrogens is 7. The van der Waals surface area contributed by atoms with Gasteiger partial charge in [0.25, 0.3) is 17.4 Å². The van der Waals surface area contributed by atoms with Gasteiger partial charge in [-0.15, -0.1) is 0 Å². The van der Waals surface area contributed by atoms with Crippen LogP contribution in [0.4, 0.5) is 23.5 Å². The van der Waals surface area contributed by atoms with E-state index >= 15 is 0 Å². The van der Waals surface area contributed by atoms with Gasteiger partial charge in [-0.05, 0) is 36.7 Å². The summed E-state index contributed by atoms with van der Waals surface area (Å²) in [7, 11) is 1.73. The maximum atomic E-state index is 12.7. The summed E-state index contributed by atoms with van der Waals surface area (Å²) >= 11 is 0. The third-order valence-electron chi connectivity index (χ3n) is 7.09. The summed E-state index contributed by atoms with van der Waals surface area (Å²) in [4.78, 5) is 33.2. The first kappa shape index (κ1) is 27.4. The van der Waals surface area contributed by atoms with E-state index < -0.39 is 6.04 Å². The Kier molecular flexibility index (Phi) is 7.54. The highest BCUT2D eigenvalue weighted by molar-refractivity contribution is 5.77. The molecule has 0 radical (unpaired) electrons. The summed E-state index contributed by atoms with van der Waals surface area (Å²) in [5.41, 5.74) is 1.80. The SMILES string of the molecule is CC(C)n1c2nc(Nc3ncc(-c4nc(N5CCOCC5)no4)c(N[C@H](CO)c4ccccc4)n3)ccc2c(=O)n1C. The molecule has 14 nitrogen and oxygen atoms in total. The van der Waals surface area contributed by atoms with Crippen molar-refractivity contribution in [2.24, 2.45) is 7.05 Å². The molecule has 5 aromatic rings. The number of nitrogens with one attached hydrogen (secondary N) is 2. The van der Waals surface area contributed by atoms with Crippen LogP contribution in [0.1, 0.15) is 31.5 Å². The lowest BCUT2D eigenvalue weighted by atomic mass is 10.1. The molecule has 4 aromatic heterocycles. The smallest absolute Gasteiger partial charge is 0.275 e. The molecule has 6 rings (SSSR count).